The van der Waals surface area contributed by atoms with E-state index < -0.39 is 47.5 Å². The fraction of sp³-hybridized carbons (Fsp3) is 0.818. The molecule has 23 heavy (non-hydrogen) atoms. The summed E-state index contributed by atoms with van der Waals surface area (Å²) in [6.45, 7) is -0.00210. The molecule has 0 bridgehead atoms. The number of rotatable bonds is 7. The number of nitrogens with zero attached hydrogens (tertiary/aromatic N) is 1. The van der Waals surface area contributed by atoms with E-state index in [9.17, 15) is 19.7 Å². The van der Waals surface area contributed by atoms with E-state index in [0.717, 1.165) is 0 Å². The van der Waals surface area contributed by atoms with Crippen LogP contribution in [-0.4, -0.2) is 65.8 Å². The van der Waals surface area contributed by atoms with E-state index >= 15 is 0 Å². The number of carbonyl (C=O) groups excluding carboxylic acids is 1. The van der Waals surface area contributed by atoms with Gasteiger partial charge in [0.25, 0.3) is 5.09 Å². The molecule has 0 aromatic rings. The third kappa shape index (κ3) is 4.89. The zero-order valence-corrected chi connectivity index (χ0v) is 12.7. The second-order valence-corrected chi connectivity index (χ2v) is 4.98. The lowest BCUT2D eigenvalue weighted by molar-refractivity contribution is -0.769. The molecule has 2 saturated heterocycles. The van der Waals surface area contributed by atoms with Crippen LogP contribution in [-0.2, 0) is 28.6 Å². The van der Waals surface area contributed by atoms with Crippen molar-refractivity contribution >= 4 is 24.3 Å². The SMILES string of the molecule is Cl.N[C@@H](CCC(=O)OC1CO[C@H]2[C@@H]1OC[C@H]2O[N+](=O)[O-])C(=O)O. The Morgan fingerprint density at radius 1 is 1.30 bits per heavy atom. The van der Waals surface area contributed by atoms with Crippen LogP contribution in [0.4, 0.5) is 0 Å². The van der Waals surface area contributed by atoms with Crippen LogP contribution in [0.1, 0.15) is 12.8 Å². The summed E-state index contributed by atoms with van der Waals surface area (Å²) in [5.41, 5.74) is 5.29. The maximum atomic E-state index is 11.7. The first-order valence-electron chi connectivity index (χ1n) is 6.60. The fourth-order valence-corrected chi connectivity index (χ4v) is 2.36. The van der Waals surface area contributed by atoms with Crippen LogP contribution >= 0.6 is 12.4 Å². The first kappa shape index (κ1) is 19.4. The van der Waals surface area contributed by atoms with Crippen molar-refractivity contribution in [3.05, 3.63) is 10.1 Å². The van der Waals surface area contributed by atoms with Crippen LogP contribution < -0.4 is 5.73 Å². The van der Waals surface area contributed by atoms with Crippen molar-refractivity contribution in [1.29, 1.82) is 0 Å². The number of fused-ring (bicyclic) bond motifs is 1. The van der Waals surface area contributed by atoms with Gasteiger partial charge in [-0.15, -0.1) is 22.5 Å². The van der Waals surface area contributed by atoms with E-state index in [1.54, 1.807) is 0 Å². The van der Waals surface area contributed by atoms with Crippen LogP contribution in [0, 0.1) is 10.1 Å². The van der Waals surface area contributed by atoms with Gasteiger partial charge in [-0.25, -0.2) is 0 Å². The summed E-state index contributed by atoms with van der Waals surface area (Å²) in [7, 11) is 0. The van der Waals surface area contributed by atoms with Gasteiger partial charge in [-0.05, 0) is 6.42 Å². The molecule has 0 aromatic heterocycles. The lowest BCUT2D eigenvalue weighted by atomic mass is 10.1. The molecule has 0 aliphatic carbocycles. The molecule has 0 saturated carbocycles. The molecule has 3 N–H and O–H groups in total. The minimum atomic E-state index is -1.20. The van der Waals surface area contributed by atoms with Gasteiger partial charge in [0.1, 0.15) is 18.2 Å². The van der Waals surface area contributed by atoms with Gasteiger partial charge in [0.2, 0.25) is 0 Å². The molecule has 0 amide bonds. The van der Waals surface area contributed by atoms with Crippen molar-refractivity contribution in [2.75, 3.05) is 13.2 Å². The number of halogens is 1. The van der Waals surface area contributed by atoms with Gasteiger partial charge < -0.3 is 29.9 Å². The highest BCUT2D eigenvalue weighted by Crippen LogP contribution is 2.30. The number of esters is 1. The van der Waals surface area contributed by atoms with Crippen LogP contribution in [0.2, 0.25) is 0 Å². The molecule has 11 nitrogen and oxygen atoms in total. The maximum absolute atomic E-state index is 11.7. The largest absolute Gasteiger partial charge is 0.480 e. The number of carbonyl (C=O) groups is 2. The molecule has 2 heterocycles. The zero-order valence-electron chi connectivity index (χ0n) is 11.9. The van der Waals surface area contributed by atoms with Gasteiger partial charge >= 0.3 is 11.9 Å². The molecule has 0 radical (unpaired) electrons. The molecule has 132 valence electrons. The number of carboxylic acids is 1. The highest BCUT2D eigenvalue weighted by atomic mass is 35.5. The topological polar surface area (TPSA) is 160 Å². The summed E-state index contributed by atoms with van der Waals surface area (Å²) in [6, 6.07) is -1.14. The van der Waals surface area contributed by atoms with Crippen LogP contribution in [0.25, 0.3) is 0 Å². The molecule has 0 aromatic carbocycles. The number of aliphatic carboxylic acids is 1. The Bertz CT molecular complexity index is 463. The molecular formula is C11H17ClN2O9. The predicted octanol–water partition coefficient (Wildman–Crippen LogP) is -1.11. The third-order valence-electron chi connectivity index (χ3n) is 3.44. The second kappa shape index (κ2) is 8.24. The average Bonchev–Trinajstić information content (AvgIpc) is 3.00. The standard InChI is InChI=1S/C11H16N2O9.ClH/c12-5(11(15)16)1-2-8(14)21-6-3-19-10-7(22-13(17)18)4-20-9(6)10;/h5-7,9-10H,1-4,12H2,(H,15,16);1H/t5-,6?,7+,9+,10+;/m0./s1. The summed E-state index contributed by atoms with van der Waals surface area (Å²) in [5, 5.41) is 18.0. The minimum absolute atomic E-state index is 0. The lowest BCUT2D eigenvalue weighted by Gasteiger charge is -2.17. The van der Waals surface area contributed by atoms with Gasteiger partial charge in [0, 0.05) is 6.42 Å². The summed E-state index contributed by atoms with van der Waals surface area (Å²) in [5.74, 6) is -1.83. The lowest BCUT2D eigenvalue weighted by Crippen LogP contribution is -2.36. The predicted molar refractivity (Wildman–Crippen MR) is 73.3 cm³/mol. The van der Waals surface area contributed by atoms with Gasteiger partial charge in [0.15, 0.2) is 12.2 Å². The molecule has 5 atom stereocenters. The van der Waals surface area contributed by atoms with Crippen molar-refractivity contribution in [1.82, 2.24) is 0 Å². The Morgan fingerprint density at radius 3 is 2.43 bits per heavy atom. The van der Waals surface area contributed by atoms with E-state index in [4.69, 9.17) is 25.1 Å². The monoisotopic (exact) mass is 356 g/mol. The molecule has 12 heteroatoms. The summed E-state index contributed by atoms with van der Waals surface area (Å²) >= 11 is 0. The van der Waals surface area contributed by atoms with Gasteiger partial charge in [-0.1, -0.05) is 0 Å². The van der Waals surface area contributed by atoms with Crippen molar-refractivity contribution in [3.63, 3.8) is 0 Å². The Balaban J connectivity index is 0.00000264. The number of hydrogen-bond donors (Lipinski definition) is 2. The molecule has 2 aliphatic heterocycles. The normalized spacial score (nSPS) is 30.0. The Morgan fingerprint density at radius 2 is 1.87 bits per heavy atom. The van der Waals surface area contributed by atoms with Gasteiger partial charge in [-0.3, -0.25) is 9.59 Å². The van der Waals surface area contributed by atoms with E-state index in [0.29, 0.717) is 0 Å². The zero-order chi connectivity index (χ0) is 16.3. The van der Waals surface area contributed by atoms with E-state index in [2.05, 4.69) is 4.84 Å². The van der Waals surface area contributed by atoms with Gasteiger partial charge in [0.05, 0.1) is 13.2 Å². The van der Waals surface area contributed by atoms with E-state index in [1.807, 2.05) is 0 Å². The molecule has 2 fully saturated rings. The first-order chi connectivity index (χ1) is 10.4. The smallest absolute Gasteiger partial charge is 0.320 e. The van der Waals surface area contributed by atoms with Crippen LogP contribution in [0.3, 0.4) is 0 Å². The number of hydrogen-bond acceptors (Lipinski definition) is 9. The number of nitrogens with two attached hydrogens (primary N) is 1. The van der Waals surface area contributed by atoms with E-state index in [1.165, 1.54) is 0 Å². The minimum Gasteiger partial charge on any atom is -0.480 e. The Labute approximate surface area is 136 Å². The number of carboxylic acid groups (broad SMARTS) is 1. The van der Waals surface area contributed by atoms with Crippen LogP contribution in [0.15, 0.2) is 0 Å². The van der Waals surface area contributed by atoms with Crippen molar-refractivity contribution < 1.29 is 38.8 Å². The Hall–Kier alpha value is -1.69. The highest BCUT2D eigenvalue weighted by Gasteiger charge is 2.51. The quantitative estimate of drug-likeness (QED) is 0.325. The first-order valence-corrected chi connectivity index (χ1v) is 6.60. The molecule has 2 aliphatic rings. The summed E-state index contributed by atoms with van der Waals surface area (Å²) in [4.78, 5) is 37.0. The summed E-state index contributed by atoms with van der Waals surface area (Å²) < 4.78 is 15.8. The second-order valence-electron chi connectivity index (χ2n) is 4.98. The molecular weight excluding hydrogens is 340 g/mol. The number of ether oxygens (including phenoxy) is 3. The van der Waals surface area contributed by atoms with Crippen LogP contribution in [0.5, 0.6) is 0 Å². The summed E-state index contributed by atoms with van der Waals surface area (Å²) in [6.07, 6.45) is -3.09. The molecule has 2 rings (SSSR count). The average molecular weight is 357 g/mol. The van der Waals surface area contributed by atoms with Crippen molar-refractivity contribution in [3.8, 4) is 0 Å². The van der Waals surface area contributed by atoms with E-state index in [-0.39, 0.29) is 38.5 Å². The van der Waals surface area contributed by atoms with Crippen molar-refractivity contribution in [2.45, 2.75) is 43.3 Å². The molecule has 1 unspecified atom stereocenters. The highest BCUT2D eigenvalue weighted by molar-refractivity contribution is 5.85. The fourth-order valence-electron chi connectivity index (χ4n) is 2.36. The molecule has 0 spiro atoms. The maximum Gasteiger partial charge on any atom is 0.320 e. The Kier molecular flexibility index (Phi) is 6.94. The van der Waals surface area contributed by atoms with Crippen molar-refractivity contribution in [2.24, 2.45) is 5.73 Å². The van der Waals surface area contributed by atoms with Gasteiger partial charge in [-0.2, -0.15) is 0 Å². The third-order valence-corrected chi connectivity index (χ3v) is 3.44.